The smallest absolute Gasteiger partial charge is 0.150 e. The zero-order chi connectivity index (χ0) is 20.8. The zero-order valence-electron chi connectivity index (χ0n) is 16.5. The number of hydrogen-bond donors (Lipinski definition) is 3. The van der Waals surface area contributed by atoms with E-state index in [9.17, 15) is 4.79 Å². The van der Waals surface area contributed by atoms with E-state index in [0.717, 1.165) is 34.1 Å². The molecule has 0 spiro atoms. The summed E-state index contributed by atoms with van der Waals surface area (Å²) in [5, 5.41) is 0. The van der Waals surface area contributed by atoms with Crippen LogP contribution in [-0.2, 0) is 9.62 Å². The van der Waals surface area contributed by atoms with E-state index in [1.807, 2.05) is 80.6 Å². The molecule has 0 heterocycles. The van der Waals surface area contributed by atoms with Crippen molar-refractivity contribution in [3.05, 3.63) is 107 Å². The maximum Gasteiger partial charge on any atom is 0.150 e. The second kappa shape index (κ2) is 9.46. The molecule has 0 bridgehead atoms. The zero-order valence-corrected chi connectivity index (χ0v) is 18.3. The highest BCUT2D eigenvalue weighted by atomic mass is 32.1. The highest BCUT2D eigenvalue weighted by Crippen LogP contribution is 2.36. The van der Waals surface area contributed by atoms with E-state index in [1.165, 1.54) is 0 Å². The van der Waals surface area contributed by atoms with Crippen LogP contribution in [0.25, 0.3) is 0 Å². The number of carbonyl (C=O) groups excluding carboxylic acids is 1. The van der Waals surface area contributed by atoms with Crippen LogP contribution in [0.1, 0.15) is 46.5 Å². The largest absolute Gasteiger partial charge is 0.314 e. The molecule has 0 aliphatic rings. The van der Waals surface area contributed by atoms with Crippen molar-refractivity contribution >= 4 is 31.5 Å². The van der Waals surface area contributed by atoms with Crippen LogP contribution in [0, 0.1) is 6.92 Å². The molecule has 0 aliphatic heterocycles. The van der Waals surface area contributed by atoms with Gasteiger partial charge in [-0.05, 0) is 43.0 Å². The average Bonchev–Trinajstić information content (AvgIpc) is 2.69. The Bertz CT molecular complexity index is 901. The number of rotatable bonds is 4. The Kier molecular flexibility index (Phi) is 7.53. The molecule has 4 heteroatoms. The molecule has 3 aromatic carbocycles. The van der Waals surface area contributed by atoms with Gasteiger partial charge in [-0.1, -0.05) is 78.9 Å². The summed E-state index contributed by atoms with van der Waals surface area (Å²) in [6.07, 6.45) is 0.886. The Morgan fingerprint density at radius 1 is 0.786 bits per heavy atom. The van der Waals surface area contributed by atoms with Crippen LogP contribution in [0.5, 0.6) is 0 Å². The van der Waals surface area contributed by atoms with Crippen molar-refractivity contribution in [3.63, 3.8) is 0 Å². The molecule has 2 nitrogen and oxygen atoms in total. The first-order chi connectivity index (χ1) is 13.2. The molecule has 146 valence electrons. The molecular weight excluding hydrogens is 382 g/mol. The summed E-state index contributed by atoms with van der Waals surface area (Å²) in [6, 6.07) is 25.8. The number of aryl methyl sites for hydroxylation is 1. The first-order valence-corrected chi connectivity index (χ1v) is 9.96. The number of hydrogen-bond acceptors (Lipinski definition) is 4. The Labute approximate surface area is 179 Å². The van der Waals surface area contributed by atoms with Gasteiger partial charge >= 0.3 is 0 Å². The van der Waals surface area contributed by atoms with E-state index in [-0.39, 0.29) is 4.75 Å². The number of nitrogens with two attached hydrogens (primary N) is 1. The summed E-state index contributed by atoms with van der Waals surface area (Å²) in [4.78, 5) is 10.3. The quantitative estimate of drug-likeness (QED) is 0.292. The second-order valence-electron chi connectivity index (χ2n) is 7.14. The van der Waals surface area contributed by atoms with Gasteiger partial charge in [0.05, 0.1) is 9.62 Å². The number of aldehydes is 1. The number of benzene rings is 3. The Morgan fingerprint density at radius 2 is 1.29 bits per heavy atom. The topological polar surface area (TPSA) is 43.1 Å². The minimum Gasteiger partial charge on any atom is -0.314 e. The lowest BCUT2D eigenvalue weighted by atomic mass is 9.90. The molecule has 0 saturated heterocycles. The lowest BCUT2D eigenvalue weighted by molar-refractivity contribution is 0.112. The van der Waals surface area contributed by atoms with Crippen molar-refractivity contribution < 1.29 is 4.79 Å². The van der Waals surface area contributed by atoms with E-state index in [1.54, 1.807) is 0 Å². The van der Waals surface area contributed by atoms with Crippen molar-refractivity contribution in [2.24, 2.45) is 5.73 Å². The second-order valence-corrected chi connectivity index (χ2v) is 8.96. The summed E-state index contributed by atoms with van der Waals surface area (Å²) in [5.41, 5.74) is 10.7. The first kappa shape index (κ1) is 22.3. The van der Waals surface area contributed by atoms with Gasteiger partial charge < -0.3 is 5.73 Å². The highest BCUT2D eigenvalue weighted by molar-refractivity contribution is 7.81. The van der Waals surface area contributed by atoms with Crippen LogP contribution in [0.2, 0.25) is 0 Å². The highest BCUT2D eigenvalue weighted by Gasteiger charge is 2.24. The standard InChI is InChI=1S/C16H16OS.C8H11NS/c1-12-10-15(9-8-13(12)11-17)16(2,18)14-6-4-3-5-7-14;1-8(9,10)7-5-3-2-4-6-7/h3-11,18H,1-2H3;2-6,10H,9H2,1H3. The van der Waals surface area contributed by atoms with Gasteiger partial charge in [-0.25, -0.2) is 0 Å². The van der Waals surface area contributed by atoms with Crippen LogP contribution in [0.4, 0.5) is 0 Å². The summed E-state index contributed by atoms with van der Waals surface area (Å²) >= 11 is 9.01. The van der Waals surface area contributed by atoms with Crippen LogP contribution in [0.15, 0.2) is 78.9 Å². The molecule has 2 N–H and O–H groups in total. The molecule has 3 rings (SSSR count). The predicted molar refractivity (Wildman–Crippen MR) is 125 cm³/mol. The van der Waals surface area contributed by atoms with Gasteiger partial charge in [0.2, 0.25) is 0 Å². The molecule has 0 aromatic heterocycles. The third-order valence-electron chi connectivity index (χ3n) is 4.65. The minimum atomic E-state index is -0.513. The van der Waals surface area contributed by atoms with Crippen LogP contribution < -0.4 is 5.73 Å². The van der Waals surface area contributed by atoms with Gasteiger partial charge in [0.25, 0.3) is 0 Å². The molecule has 0 saturated carbocycles. The van der Waals surface area contributed by atoms with Gasteiger partial charge in [-0.3, -0.25) is 4.79 Å². The monoisotopic (exact) mass is 409 g/mol. The fraction of sp³-hybridized carbons (Fsp3) is 0.208. The van der Waals surface area contributed by atoms with Crippen molar-refractivity contribution in [3.8, 4) is 0 Å². The fourth-order valence-corrected chi connectivity index (χ4v) is 3.25. The average molecular weight is 410 g/mol. The predicted octanol–water partition coefficient (Wildman–Crippen LogP) is 5.75. The molecule has 0 aliphatic carbocycles. The van der Waals surface area contributed by atoms with Gasteiger partial charge in [-0.2, -0.15) is 25.3 Å². The molecule has 28 heavy (non-hydrogen) atoms. The summed E-state index contributed by atoms with van der Waals surface area (Å²) in [7, 11) is 0. The maximum atomic E-state index is 10.8. The number of carbonyl (C=O) groups is 1. The maximum absolute atomic E-state index is 10.8. The van der Waals surface area contributed by atoms with Gasteiger partial charge in [0.1, 0.15) is 6.29 Å². The number of thiol groups is 2. The van der Waals surface area contributed by atoms with E-state index in [0.29, 0.717) is 0 Å². The normalized spacial score (nSPS) is 14.8. The van der Waals surface area contributed by atoms with Crippen LogP contribution in [0.3, 0.4) is 0 Å². The van der Waals surface area contributed by atoms with Crippen molar-refractivity contribution in [1.29, 1.82) is 0 Å². The van der Waals surface area contributed by atoms with E-state index >= 15 is 0 Å². The Morgan fingerprint density at radius 3 is 1.68 bits per heavy atom. The van der Waals surface area contributed by atoms with Gasteiger partial charge in [0, 0.05) is 5.56 Å². The lowest BCUT2D eigenvalue weighted by Crippen LogP contribution is -2.25. The lowest BCUT2D eigenvalue weighted by Gasteiger charge is -2.25. The van der Waals surface area contributed by atoms with Crippen molar-refractivity contribution in [2.45, 2.75) is 30.4 Å². The molecule has 0 amide bonds. The summed E-state index contributed by atoms with van der Waals surface area (Å²) in [5.74, 6) is 0. The molecular formula is C24H27NOS2. The van der Waals surface area contributed by atoms with Crippen molar-refractivity contribution in [2.75, 3.05) is 0 Å². The van der Waals surface area contributed by atoms with Crippen LogP contribution in [-0.4, -0.2) is 6.29 Å². The summed E-state index contributed by atoms with van der Waals surface area (Å²) in [6.45, 7) is 5.88. The van der Waals surface area contributed by atoms with Crippen LogP contribution >= 0.6 is 25.3 Å². The van der Waals surface area contributed by atoms with E-state index in [2.05, 4.69) is 31.7 Å². The van der Waals surface area contributed by atoms with Crippen molar-refractivity contribution in [1.82, 2.24) is 0 Å². The van der Waals surface area contributed by atoms with Gasteiger partial charge in [0.15, 0.2) is 0 Å². The minimum absolute atomic E-state index is 0.354. The molecule has 0 fully saturated rings. The van der Waals surface area contributed by atoms with E-state index in [4.69, 9.17) is 18.4 Å². The fourth-order valence-electron chi connectivity index (χ4n) is 2.82. The molecule has 2 atom stereocenters. The Balaban J connectivity index is 0.000000237. The molecule has 3 aromatic rings. The third-order valence-corrected chi connectivity index (χ3v) is 5.43. The Hall–Kier alpha value is -2.01. The molecule has 0 radical (unpaired) electrons. The third kappa shape index (κ3) is 5.74. The molecule has 2 unspecified atom stereocenters. The SMILES string of the molecule is CC(N)(S)c1ccccc1.Cc1cc(C(C)(S)c2ccccc2)ccc1C=O. The summed E-state index contributed by atoms with van der Waals surface area (Å²) < 4.78 is -0.354. The first-order valence-electron chi connectivity index (χ1n) is 9.07. The van der Waals surface area contributed by atoms with Gasteiger partial charge in [-0.15, -0.1) is 0 Å². The van der Waals surface area contributed by atoms with E-state index < -0.39 is 4.87 Å².